The number of hydrogen-bond donors (Lipinski definition) is 0. The van der Waals surface area contributed by atoms with E-state index in [4.69, 9.17) is 4.74 Å². The zero-order chi connectivity index (χ0) is 15.4. The van der Waals surface area contributed by atoms with E-state index in [2.05, 4.69) is 21.7 Å². The van der Waals surface area contributed by atoms with Crippen LogP contribution in [0.5, 0.6) is 0 Å². The molecule has 0 radical (unpaired) electrons. The Kier molecular flexibility index (Phi) is 3.72. The Morgan fingerprint density at radius 3 is 2.50 bits per heavy atom. The molecule has 1 atom stereocenters. The van der Waals surface area contributed by atoms with E-state index in [0.29, 0.717) is 24.9 Å². The van der Waals surface area contributed by atoms with Crippen LogP contribution in [0.2, 0.25) is 0 Å². The van der Waals surface area contributed by atoms with Crippen molar-refractivity contribution >= 4 is 0 Å². The first-order valence-corrected chi connectivity index (χ1v) is 8.62. The van der Waals surface area contributed by atoms with Crippen LogP contribution in [0.1, 0.15) is 25.7 Å². The molecule has 1 spiro atoms. The largest absolute Gasteiger partial charge is 0.378 e. The van der Waals surface area contributed by atoms with E-state index in [9.17, 15) is 8.78 Å². The van der Waals surface area contributed by atoms with Crippen molar-refractivity contribution in [1.82, 2.24) is 14.7 Å². The number of hydrogen-bond acceptors (Lipinski definition) is 4. The SMILES string of the molecule is CN1CC2COCCN2C2(C1)CN(C1CCC(F)(F)CC1)C2. The maximum Gasteiger partial charge on any atom is 0.248 e. The zero-order valence-corrected chi connectivity index (χ0v) is 13.4. The average molecular weight is 315 g/mol. The van der Waals surface area contributed by atoms with Crippen molar-refractivity contribution in [2.24, 2.45) is 0 Å². The Labute approximate surface area is 131 Å². The normalized spacial score (nSPS) is 37.0. The van der Waals surface area contributed by atoms with Crippen molar-refractivity contribution in [2.75, 3.05) is 53.0 Å². The van der Waals surface area contributed by atoms with Crippen LogP contribution in [0, 0.1) is 0 Å². The lowest BCUT2D eigenvalue weighted by atomic mass is 9.79. The van der Waals surface area contributed by atoms with Crippen molar-refractivity contribution < 1.29 is 13.5 Å². The van der Waals surface area contributed by atoms with Gasteiger partial charge in [-0.3, -0.25) is 9.80 Å². The molecule has 4 rings (SSSR count). The quantitative estimate of drug-likeness (QED) is 0.725. The van der Waals surface area contributed by atoms with Crippen molar-refractivity contribution in [3.05, 3.63) is 0 Å². The summed E-state index contributed by atoms with van der Waals surface area (Å²) < 4.78 is 32.3. The van der Waals surface area contributed by atoms with Crippen molar-refractivity contribution in [3.63, 3.8) is 0 Å². The van der Waals surface area contributed by atoms with Gasteiger partial charge < -0.3 is 9.64 Å². The summed E-state index contributed by atoms with van der Waals surface area (Å²) in [5.41, 5.74) is 0.238. The molecule has 22 heavy (non-hydrogen) atoms. The summed E-state index contributed by atoms with van der Waals surface area (Å²) in [5.74, 6) is -2.42. The van der Waals surface area contributed by atoms with Gasteiger partial charge >= 0.3 is 0 Å². The van der Waals surface area contributed by atoms with Gasteiger partial charge in [-0.1, -0.05) is 0 Å². The second-order valence-electron chi connectivity index (χ2n) is 7.84. The molecule has 0 amide bonds. The first kappa shape index (κ1) is 15.2. The highest BCUT2D eigenvalue weighted by atomic mass is 19.3. The second kappa shape index (κ2) is 5.36. The van der Waals surface area contributed by atoms with Crippen molar-refractivity contribution in [1.29, 1.82) is 0 Å². The number of alkyl halides is 2. The maximum atomic E-state index is 13.3. The Bertz CT molecular complexity index is 418. The third-order valence-electron chi connectivity index (χ3n) is 6.12. The molecule has 0 N–H and O–H groups in total. The minimum atomic E-state index is -2.42. The molecular weight excluding hydrogens is 288 g/mol. The minimum Gasteiger partial charge on any atom is -0.378 e. The van der Waals surface area contributed by atoms with Crippen LogP contribution < -0.4 is 0 Å². The lowest BCUT2D eigenvalue weighted by Crippen LogP contribution is -2.81. The van der Waals surface area contributed by atoms with Crippen LogP contribution in [-0.4, -0.2) is 91.2 Å². The number of nitrogens with zero attached hydrogens (tertiary/aromatic N) is 3. The number of halogens is 2. The molecule has 3 saturated heterocycles. The maximum absolute atomic E-state index is 13.3. The third-order valence-corrected chi connectivity index (χ3v) is 6.12. The number of ether oxygens (including phenoxy) is 1. The van der Waals surface area contributed by atoms with Crippen LogP contribution in [0.3, 0.4) is 0 Å². The van der Waals surface area contributed by atoms with Crippen LogP contribution in [0.4, 0.5) is 8.78 Å². The van der Waals surface area contributed by atoms with E-state index in [1.165, 1.54) is 0 Å². The molecule has 1 aliphatic carbocycles. The predicted molar refractivity (Wildman–Crippen MR) is 80.3 cm³/mol. The van der Waals surface area contributed by atoms with Gasteiger partial charge in [-0.15, -0.1) is 0 Å². The molecule has 0 bridgehead atoms. The van der Waals surface area contributed by atoms with E-state index >= 15 is 0 Å². The van der Waals surface area contributed by atoms with Crippen LogP contribution in [-0.2, 0) is 4.74 Å². The van der Waals surface area contributed by atoms with Crippen LogP contribution in [0.25, 0.3) is 0 Å². The minimum absolute atomic E-state index is 0.0707. The number of fused-ring (bicyclic) bond motifs is 2. The van der Waals surface area contributed by atoms with E-state index < -0.39 is 5.92 Å². The van der Waals surface area contributed by atoms with E-state index in [1.807, 2.05) is 0 Å². The third kappa shape index (κ3) is 2.58. The molecule has 4 nitrogen and oxygen atoms in total. The molecule has 3 aliphatic heterocycles. The van der Waals surface area contributed by atoms with Crippen molar-refractivity contribution in [3.8, 4) is 0 Å². The summed E-state index contributed by atoms with van der Waals surface area (Å²) in [6.45, 7) is 6.96. The lowest BCUT2D eigenvalue weighted by Gasteiger charge is -2.64. The number of likely N-dealkylation sites (tertiary alicyclic amines) is 1. The van der Waals surface area contributed by atoms with E-state index in [0.717, 1.165) is 45.9 Å². The molecule has 4 fully saturated rings. The smallest absolute Gasteiger partial charge is 0.248 e. The molecule has 3 heterocycles. The zero-order valence-electron chi connectivity index (χ0n) is 13.4. The average Bonchev–Trinajstić information content (AvgIpc) is 2.44. The fraction of sp³-hybridized carbons (Fsp3) is 1.00. The Morgan fingerprint density at radius 2 is 1.77 bits per heavy atom. The Balaban J connectivity index is 1.40. The van der Waals surface area contributed by atoms with Gasteiger partial charge in [-0.05, 0) is 19.9 Å². The second-order valence-corrected chi connectivity index (χ2v) is 7.84. The summed E-state index contributed by atoms with van der Waals surface area (Å²) in [6.07, 6.45) is 1.46. The highest BCUT2D eigenvalue weighted by Gasteiger charge is 2.55. The highest BCUT2D eigenvalue weighted by Crippen LogP contribution is 2.41. The van der Waals surface area contributed by atoms with Gasteiger partial charge in [0.25, 0.3) is 0 Å². The van der Waals surface area contributed by atoms with Gasteiger partial charge in [0, 0.05) is 57.6 Å². The first-order chi connectivity index (χ1) is 10.5. The molecular formula is C16H27F2N3O. The summed E-state index contributed by atoms with van der Waals surface area (Å²) in [5, 5.41) is 0. The Hall–Kier alpha value is -0.300. The molecule has 0 aromatic heterocycles. The molecule has 1 unspecified atom stereocenters. The lowest BCUT2D eigenvalue weighted by molar-refractivity contribution is -0.176. The fourth-order valence-corrected chi connectivity index (χ4v) is 5.09. The summed E-state index contributed by atoms with van der Waals surface area (Å²) in [7, 11) is 2.19. The monoisotopic (exact) mass is 315 g/mol. The van der Waals surface area contributed by atoms with Gasteiger partial charge in [0.05, 0.1) is 18.8 Å². The summed E-state index contributed by atoms with van der Waals surface area (Å²) in [4.78, 5) is 7.54. The number of rotatable bonds is 1. The van der Waals surface area contributed by atoms with Gasteiger partial charge in [-0.25, -0.2) is 8.78 Å². The van der Waals surface area contributed by atoms with Gasteiger partial charge in [0.1, 0.15) is 0 Å². The van der Waals surface area contributed by atoms with Crippen LogP contribution in [0.15, 0.2) is 0 Å². The van der Waals surface area contributed by atoms with E-state index in [1.54, 1.807) is 0 Å². The Morgan fingerprint density at radius 1 is 1.05 bits per heavy atom. The van der Waals surface area contributed by atoms with E-state index in [-0.39, 0.29) is 18.4 Å². The van der Waals surface area contributed by atoms with Gasteiger partial charge in [0.2, 0.25) is 5.92 Å². The van der Waals surface area contributed by atoms with Gasteiger partial charge in [0.15, 0.2) is 0 Å². The molecule has 6 heteroatoms. The molecule has 126 valence electrons. The number of morpholine rings is 1. The van der Waals surface area contributed by atoms with Gasteiger partial charge in [-0.2, -0.15) is 0 Å². The first-order valence-electron chi connectivity index (χ1n) is 8.62. The molecule has 4 aliphatic rings. The molecule has 1 saturated carbocycles. The van der Waals surface area contributed by atoms with Crippen molar-refractivity contribution in [2.45, 2.75) is 49.2 Å². The standard InChI is InChI=1S/C16H27F2N3O/c1-19-8-14-9-22-7-6-21(14)15(10-19)11-20(12-15)13-2-4-16(17,18)5-3-13/h13-14H,2-12H2,1H3. The van der Waals surface area contributed by atoms with Crippen LogP contribution >= 0.6 is 0 Å². The fourth-order valence-electron chi connectivity index (χ4n) is 5.09. The summed E-state index contributed by atoms with van der Waals surface area (Å²) >= 11 is 0. The number of piperazine rings is 1. The highest BCUT2D eigenvalue weighted by molar-refractivity contribution is 5.12. The summed E-state index contributed by atoms with van der Waals surface area (Å²) in [6, 6.07) is 0.877. The molecule has 0 aromatic carbocycles. The number of likely N-dealkylation sites (N-methyl/N-ethyl adjacent to an activating group) is 1. The molecule has 0 aromatic rings. The predicted octanol–water partition coefficient (Wildman–Crippen LogP) is 1.26. The topological polar surface area (TPSA) is 19.0 Å².